The molecule has 0 unspecified atom stereocenters. The van der Waals surface area contributed by atoms with Crippen molar-refractivity contribution in [2.75, 3.05) is 5.32 Å². The molecule has 1 heterocycles. The maximum absolute atomic E-state index is 12.8. The number of pyridine rings is 1. The first kappa shape index (κ1) is 14.9. The third-order valence-corrected chi connectivity index (χ3v) is 3.12. The van der Waals surface area contributed by atoms with Crippen molar-refractivity contribution in [1.29, 1.82) is 5.26 Å². The number of rotatable bonds is 5. The second kappa shape index (κ2) is 6.82. The van der Waals surface area contributed by atoms with Gasteiger partial charge in [-0.1, -0.05) is 12.1 Å². The van der Waals surface area contributed by atoms with Crippen LogP contribution >= 0.6 is 0 Å². The van der Waals surface area contributed by atoms with E-state index in [1.165, 1.54) is 12.1 Å². The summed E-state index contributed by atoms with van der Waals surface area (Å²) in [5.41, 5.74) is 1.83. The maximum Gasteiger partial charge on any atom is 0.140 e. The number of halogens is 1. The number of aliphatic hydroxyl groups is 1. The van der Waals surface area contributed by atoms with Crippen molar-refractivity contribution >= 4 is 5.69 Å². The Labute approximate surface area is 122 Å². The zero-order valence-corrected chi connectivity index (χ0v) is 11.6. The Hall–Kier alpha value is -2.45. The van der Waals surface area contributed by atoms with E-state index in [9.17, 15) is 9.50 Å². The van der Waals surface area contributed by atoms with E-state index < -0.39 is 6.10 Å². The third kappa shape index (κ3) is 4.26. The number of nitrogens with zero attached hydrogens (tertiary/aromatic N) is 2. The van der Waals surface area contributed by atoms with Crippen LogP contribution in [0.3, 0.4) is 0 Å². The average Bonchev–Trinajstić information content (AvgIpc) is 2.48. The van der Waals surface area contributed by atoms with Gasteiger partial charge in [-0.3, -0.25) is 0 Å². The molecule has 0 aliphatic heterocycles. The molecule has 4 nitrogen and oxygen atoms in total. The Morgan fingerprint density at radius 1 is 1.29 bits per heavy atom. The third-order valence-electron chi connectivity index (χ3n) is 3.12. The Morgan fingerprint density at radius 3 is 2.57 bits per heavy atom. The van der Waals surface area contributed by atoms with Gasteiger partial charge in [-0.25, -0.2) is 9.37 Å². The summed E-state index contributed by atoms with van der Waals surface area (Å²) in [6.07, 6.45) is 1.39. The van der Waals surface area contributed by atoms with Crippen molar-refractivity contribution < 1.29 is 9.50 Å². The largest absolute Gasteiger partial charge is 0.388 e. The number of aromatic nitrogens is 1. The molecule has 5 heteroatoms. The Balaban J connectivity index is 1.92. The molecule has 2 aromatic rings. The maximum atomic E-state index is 12.8. The highest BCUT2D eigenvalue weighted by atomic mass is 19.1. The highest BCUT2D eigenvalue weighted by Gasteiger charge is 2.12. The number of anilines is 1. The number of nitrogens with one attached hydrogen (secondary N) is 1. The summed E-state index contributed by atoms with van der Waals surface area (Å²) in [6.45, 7) is 1.94. The van der Waals surface area contributed by atoms with Gasteiger partial charge in [0.1, 0.15) is 17.6 Å². The fraction of sp³-hybridized carbons (Fsp3) is 0.250. The molecule has 0 saturated heterocycles. The predicted octanol–water partition coefficient (Wildman–Crippen LogP) is 3.02. The second-order valence-corrected chi connectivity index (χ2v) is 4.89. The van der Waals surface area contributed by atoms with Crippen molar-refractivity contribution in [3.63, 3.8) is 0 Å². The zero-order valence-electron chi connectivity index (χ0n) is 11.6. The van der Waals surface area contributed by atoms with Gasteiger partial charge in [0, 0.05) is 6.04 Å². The van der Waals surface area contributed by atoms with E-state index in [0.717, 1.165) is 5.69 Å². The number of hydrogen-bond acceptors (Lipinski definition) is 4. The van der Waals surface area contributed by atoms with Crippen LogP contribution in [0.1, 0.15) is 30.7 Å². The molecule has 2 atom stereocenters. The van der Waals surface area contributed by atoms with Crippen molar-refractivity contribution in [1.82, 2.24) is 4.98 Å². The fourth-order valence-electron chi connectivity index (χ4n) is 2.04. The molecule has 1 aromatic heterocycles. The molecule has 0 fully saturated rings. The molecular weight excluding hydrogens is 269 g/mol. The minimum Gasteiger partial charge on any atom is -0.388 e. The van der Waals surface area contributed by atoms with Gasteiger partial charge in [0.2, 0.25) is 0 Å². The van der Waals surface area contributed by atoms with Crippen LogP contribution < -0.4 is 5.32 Å². The summed E-state index contributed by atoms with van der Waals surface area (Å²) in [6, 6.07) is 11.2. The topological polar surface area (TPSA) is 68.9 Å². The highest BCUT2D eigenvalue weighted by molar-refractivity contribution is 5.43. The van der Waals surface area contributed by atoms with Crippen molar-refractivity contribution in [2.45, 2.75) is 25.5 Å². The minimum absolute atomic E-state index is 0.000196. The van der Waals surface area contributed by atoms with Gasteiger partial charge >= 0.3 is 0 Å². The van der Waals surface area contributed by atoms with Gasteiger partial charge in [0.05, 0.1) is 18.0 Å². The standard InChI is InChI=1S/C16H16FN3O/c1-11(20-15-7-6-14(9-18)19-10-15)8-16(21)12-2-4-13(17)5-3-12/h2-7,10-11,16,20-21H,8H2,1H3/t11-,16-/m1/s1. The minimum atomic E-state index is -0.667. The number of nitriles is 1. The number of benzene rings is 1. The van der Waals surface area contributed by atoms with E-state index in [4.69, 9.17) is 5.26 Å². The first-order valence-corrected chi connectivity index (χ1v) is 6.64. The van der Waals surface area contributed by atoms with Gasteiger partial charge < -0.3 is 10.4 Å². The SMILES string of the molecule is C[C@H](C[C@@H](O)c1ccc(F)cc1)Nc1ccc(C#N)nc1. The van der Waals surface area contributed by atoms with Crippen LogP contribution in [0.15, 0.2) is 42.6 Å². The summed E-state index contributed by atoms with van der Waals surface area (Å²) in [7, 11) is 0. The molecule has 0 spiro atoms. The van der Waals surface area contributed by atoms with Gasteiger partial charge in [0.15, 0.2) is 0 Å². The Kier molecular flexibility index (Phi) is 4.85. The molecule has 0 bridgehead atoms. The molecule has 0 saturated carbocycles. The Morgan fingerprint density at radius 2 is 2.00 bits per heavy atom. The lowest BCUT2D eigenvalue weighted by Gasteiger charge is -2.19. The van der Waals surface area contributed by atoms with Crippen LogP contribution in [0.4, 0.5) is 10.1 Å². The lowest BCUT2D eigenvalue weighted by molar-refractivity contribution is 0.162. The molecule has 108 valence electrons. The van der Waals surface area contributed by atoms with Crippen LogP contribution in [0.2, 0.25) is 0 Å². The summed E-state index contributed by atoms with van der Waals surface area (Å²) < 4.78 is 12.8. The van der Waals surface area contributed by atoms with Gasteiger partial charge in [-0.05, 0) is 43.2 Å². The fourth-order valence-corrected chi connectivity index (χ4v) is 2.04. The summed E-state index contributed by atoms with van der Waals surface area (Å²) in [4.78, 5) is 3.97. The quantitative estimate of drug-likeness (QED) is 0.886. The average molecular weight is 285 g/mol. The van der Waals surface area contributed by atoms with E-state index in [-0.39, 0.29) is 11.9 Å². The van der Waals surface area contributed by atoms with Gasteiger partial charge in [-0.15, -0.1) is 0 Å². The molecule has 2 rings (SSSR count). The van der Waals surface area contributed by atoms with Crippen molar-refractivity contribution in [2.24, 2.45) is 0 Å². The molecule has 2 N–H and O–H groups in total. The smallest absolute Gasteiger partial charge is 0.140 e. The van der Waals surface area contributed by atoms with E-state index in [0.29, 0.717) is 17.7 Å². The number of hydrogen-bond donors (Lipinski definition) is 2. The molecule has 0 aliphatic rings. The normalized spacial score (nSPS) is 13.2. The molecule has 0 radical (unpaired) electrons. The van der Waals surface area contributed by atoms with E-state index in [1.54, 1.807) is 30.5 Å². The van der Waals surface area contributed by atoms with Crippen molar-refractivity contribution in [3.05, 3.63) is 59.7 Å². The molecule has 0 amide bonds. The second-order valence-electron chi connectivity index (χ2n) is 4.89. The van der Waals surface area contributed by atoms with Crippen molar-refractivity contribution in [3.8, 4) is 6.07 Å². The van der Waals surface area contributed by atoms with E-state index in [2.05, 4.69) is 10.3 Å². The first-order chi connectivity index (χ1) is 10.1. The van der Waals surface area contributed by atoms with Crippen LogP contribution in [-0.4, -0.2) is 16.1 Å². The molecule has 1 aromatic carbocycles. The van der Waals surface area contributed by atoms with Gasteiger partial charge in [0.25, 0.3) is 0 Å². The van der Waals surface area contributed by atoms with Crippen LogP contribution in [0.25, 0.3) is 0 Å². The first-order valence-electron chi connectivity index (χ1n) is 6.64. The zero-order chi connectivity index (χ0) is 15.2. The van der Waals surface area contributed by atoms with E-state index >= 15 is 0 Å². The van der Waals surface area contributed by atoms with Crippen LogP contribution in [0, 0.1) is 17.1 Å². The number of aliphatic hydroxyl groups excluding tert-OH is 1. The van der Waals surface area contributed by atoms with Crippen LogP contribution in [0.5, 0.6) is 0 Å². The monoisotopic (exact) mass is 285 g/mol. The summed E-state index contributed by atoms with van der Waals surface area (Å²) in [5, 5.41) is 22.0. The molecular formula is C16H16FN3O. The summed E-state index contributed by atoms with van der Waals surface area (Å²) in [5.74, 6) is -0.319. The Bertz CT molecular complexity index is 619. The molecule has 0 aliphatic carbocycles. The van der Waals surface area contributed by atoms with Crippen LogP contribution in [-0.2, 0) is 0 Å². The lowest BCUT2D eigenvalue weighted by atomic mass is 10.0. The lowest BCUT2D eigenvalue weighted by Crippen LogP contribution is -2.18. The van der Waals surface area contributed by atoms with Gasteiger partial charge in [-0.2, -0.15) is 5.26 Å². The van der Waals surface area contributed by atoms with E-state index in [1.807, 2.05) is 13.0 Å². The predicted molar refractivity (Wildman–Crippen MR) is 78.0 cm³/mol. The highest BCUT2D eigenvalue weighted by Crippen LogP contribution is 2.20. The molecule has 21 heavy (non-hydrogen) atoms. The summed E-state index contributed by atoms with van der Waals surface area (Å²) >= 11 is 0.